The Morgan fingerprint density at radius 3 is 2.31 bits per heavy atom. The van der Waals surface area contributed by atoms with E-state index in [2.05, 4.69) is 0 Å². The second-order valence-electron chi connectivity index (χ2n) is 2.54. The van der Waals surface area contributed by atoms with Crippen molar-refractivity contribution in [3.63, 3.8) is 0 Å². The summed E-state index contributed by atoms with van der Waals surface area (Å²) in [5.74, 6) is -0.419. The maximum atomic E-state index is 10.6. The molecule has 0 heterocycles. The van der Waals surface area contributed by atoms with Gasteiger partial charge in [0.25, 0.3) is 0 Å². The molecule has 13 heavy (non-hydrogen) atoms. The molecule has 0 aliphatic carbocycles. The molecule has 0 aliphatic rings. The fourth-order valence-corrected chi connectivity index (χ4v) is 1.29. The van der Waals surface area contributed by atoms with Crippen molar-refractivity contribution in [2.45, 2.75) is 11.3 Å². The Morgan fingerprint density at radius 2 is 1.92 bits per heavy atom. The van der Waals surface area contributed by atoms with Crippen molar-refractivity contribution in [1.29, 1.82) is 0 Å². The van der Waals surface area contributed by atoms with Crippen LogP contribution in [0.1, 0.15) is 5.56 Å². The fourth-order valence-electron chi connectivity index (χ4n) is 0.925. The van der Waals surface area contributed by atoms with E-state index in [4.69, 9.17) is 10.3 Å². The van der Waals surface area contributed by atoms with E-state index in [1.165, 1.54) is 12.1 Å². The van der Waals surface area contributed by atoms with E-state index in [9.17, 15) is 9.00 Å². The Morgan fingerprint density at radius 1 is 1.38 bits per heavy atom. The molecule has 0 aliphatic heterocycles. The van der Waals surface area contributed by atoms with Gasteiger partial charge in [-0.3, -0.25) is 4.79 Å². The van der Waals surface area contributed by atoms with Crippen molar-refractivity contribution < 1.29 is 13.6 Å². The van der Waals surface area contributed by atoms with Crippen LogP contribution >= 0.6 is 0 Å². The van der Waals surface area contributed by atoms with Crippen LogP contribution in [-0.2, 0) is 22.3 Å². The van der Waals surface area contributed by atoms with E-state index >= 15 is 0 Å². The van der Waals surface area contributed by atoms with Crippen LogP contribution in [0.25, 0.3) is 0 Å². The molecule has 70 valence electrons. The van der Waals surface area contributed by atoms with Crippen molar-refractivity contribution in [2.75, 3.05) is 0 Å². The number of rotatable bonds is 3. The minimum Gasteiger partial charge on any atom is -0.369 e. The van der Waals surface area contributed by atoms with Gasteiger partial charge in [0.05, 0.1) is 11.3 Å². The van der Waals surface area contributed by atoms with Crippen LogP contribution in [-0.4, -0.2) is 14.7 Å². The predicted molar refractivity (Wildman–Crippen MR) is 48.4 cm³/mol. The molecule has 3 N–H and O–H groups in total. The van der Waals surface area contributed by atoms with Gasteiger partial charge in [-0.25, -0.2) is 4.21 Å². The second kappa shape index (κ2) is 4.15. The Kier molecular flexibility index (Phi) is 3.16. The summed E-state index contributed by atoms with van der Waals surface area (Å²) in [6.07, 6.45) is 0.151. The molecule has 0 saturated carbocycles. The monoisotopic (exact) mass is 199 g/mol. The summed E-state index contributed by atoms with van der Waals surface area (Å²) in [4.78, 5) is 10.8. The summed E-state index contributed by atoms with van der Waals surface area (Å²) in [6.45, 7) is 0. The van der Waals surface area contributed by atoms with Crippen LogP contribution in [0.5, 0.6) is 0 Å². The normalized spacial score (nSPS) is 12.4. The topological polar surface area (TPSA) is 80.4 Å². The zero-order valence-electron chi connectivity index (χ0n) is 6.77. The molecule has 1 amide bonds. The van der Waals surface area contributed by atoms with Crippen molar-refractivity contribution in [3.05, 3.63) is 29.8 Å². The van der Waals surface area contributed by atoms with Gasteiger partial charge in [0, 0.05) is 0 Å². The van der Waals surface area contributed by atoms with E-state index in [1.54, 1.807) is 12.1 Å². The molecule has 1 rings (SSSR count). The largest absolute Gasteiger partial charge is 0.369 e. The molecule has 0 fully saturated rings. The zero-order valence-corrected chi connectivity index (χ0v) is 7.58. The number of carbonyl (C=O) groups excluding carboxylic acids is 1. The second-order valence-corrected chi connectivity index (χ2v) is 3.51. The average molecular weight is 199 g/mol. The van der Waals surface area contributed by atoms with Crippen LogP contribution in [0.15, 0.2) is 29.2 Å². The molecule has 0 saturated heterocycles. The first-order chi connectivity index (χ1) is 6.09. The molecule has 5 heteroatoms. The zero-order chi connectivity index (χ0) is 9.84. The summed E-state index contributed by atoms with van der Waals surface area (Å²) in [7, 11) is 0. The number of nitrogens with two attached hydrogens (primary N) is 1. The summed E-state index contributed by atoms with van der Waals surface area (Å²) in [6, 6.07) is 6.20. The molecule has 0 bridgehead atoms. The lowest BCUT2D eigenvalue weighted by molar-refractivity contribution is -0.117. The third-order valence-corrected chi connectivity index (χ3v) is 2.18. The first-order valence-electron chi connectivity index (χ1n) is 3.57. The molecule has 1 unspecified atom stereocenters. The van der Waals surface area contributed by atoms with Gasteiger partial charge in [0.2, 0.25) is 5.91 Å². The van der Waals surface area contributed by atoms with E-state index in [0.29, 0.717) is 4.90 Å². The molecular formula is C8H9NO3S. The lowest BCUT2D eigenvalue weighted by Crippen LogP contribution is -2.13. The number of carbonyl (C=O) groups is 1. The van der Waals surface area contributed by atoms with Crippen molar-refractivity contribution in [1.82, 2.24) is 0 Å². The standard InChI is InChI=1S/C8H9NO3S/c9-8(10)5-6-1-3-7(4-2-6)13(11)12/h1-4H,5H2,(H2,9,10)(H,11,12). The van der Waals surface area contributed by atoms with Crippen LogP contribution < -0.4 is 5.73 Å². The van der Waals surface area contributed by atoms with Crippen molar-refractivity contribution in [2.24, 2.45) is 5.73 Å². The lowest BCUT2D eigenvalue weighted by atomic mass is 10.1. The minimum absolute atomic E-state index is 0.151. The van der Waals surface area contributed by atoms with Gasteiger partial charge in [-0.05, 0) is 17.7 Å². The number of hydrogen-bond donors (Lipinski definition) is 2. The third kappa shape index (κ3) is 2.96. The Bertz CT molecular complexity index is 334. The number of amides is 1. The van der Waals surface area contributed by atoms with Gasteiger partial charge in [-0.2, -0.15) is 0 Å². The highest BCUT2D eigenvalue weighted by molar-refractivity contribution is 7.79. The smallest absolute Gasteiger partial charge is 0.221 e. The molecule has 0 aromatic heterocycles. The van der Waals surface area contributed by atoms with Gasteiger partial charge < -0.3 is 10.3 Å². The van der Waals surface area contributed by atoms with Crippen LogP contribution in [0.2, 0.25) is 0 Å². The van der Waals surface area contributed by atoms with Crippen LogP contribution in [0.3, 0.4) is 0 Å². The fraction of sp³-hybridized carbons (Fsp3) is 0.125. The predicted octanol–water partition coefficient (Wildman–Crippen LogP) is 0.295. The van der Waals surface area contributed by atoms with Crippen molar-refractivity contribution in [3.8, 4) is 0 Å². The van der Waals surface area contributed by atoms with Gasteiger partial charge in [0.15, 0.2) is 11.1 Å². The summed E-state index contributed by atoms with van der Waals surface area (Å²) >= 11 is -1.97. The maximum Gasteiger partial charge on any atom is 0.221 e. The van der Waals surface area contributed by atoms with E-state index in [0.717, 1.165) is 5.56 Å². The molecule has 4 nitrogen and oxygen atoms in total. The van der Waals surface area contributed by atoms with Crippen LogP contribution in [0.4, 0.5) is 0 Å². The highest BCUT2D eigenvalue weighted by Crippen LogP contribution is 2.07. The van der Waals surface area contributed by atoms with Gasteiger partial charge in [0.1, 0.15) is 0 Å². The molecule has 1 aromatic rings. The quantitative estimate of drug-likeness (QED) is 0.687. The lowest BCUT2D eigenvalue weighted by Gasteiger charge is -1.98. The number of primary amides is 1. The Labute approximate surface area is 78.0 Å². The molecular weight excluding hydrogens is 190 g/mol. The summed E-state index contributed by atoms with van der Waals surface area (Å²) in [5.41, 5.74) is 5.71. The Hall–Kier alpha value is -1.20. The first kappa shape index (κ1) is 9.88. The van der Waals surface area contributed by atoms with E-state index in [1.807, 2.05) is 0 Å². The first-order valence-corrected chi connectivity index (χ1v) is 4.68. The minimum atomic E-state index is -1.97. The maximum absolute atomic E-state index is 10.6. The SMILES string of the molecule is NC(=O)Cc1ccc(S(=O)O)cc1. The van der Waals surface area contributed by atoms with Gasteiger partial charge in [-0.1, -0.05) is 12.1 Å². The molecule has 1 aromatic carbocycles. The van der Waals surface area contributed by atoms with Gasteiger partial charge in [-0.15, -0.1) is 0 Å². The molecule has 0 spiro atoms. The third-order valence-electron chi connectivity index (χ3n) is 1.50. The number of hydrogen-bond acceptors (Lipinski definition) is 2. The Balaban J connectivity index is 2.81. The summed E-state index contributed by atoms with van der Waals surface area (Å²) < 4.78 is 19.2. The van der Waals surface area contributed by atoms with Crippen LogP contribution in [0, 0.1) is 0 Å². The summed E-state index contributed by atoms with van der Waals surface area (Å²) in [5, 5.41) is 0. The van der Waals surface area contributed by atoms with Crippen molar-refractivity contribution >= 4 is 17.0 Å². The van der Waals surface area contributed by atoms with E-state index < -0.39 is 17.0 Å². The highest BCUT2D eigenvalue weighted by Gasteiger charge is 2.01. The molecule has 1 atom stereocenters. The number of benzene rings is 1. The average Bonchev–Trinajstić information content (AvgIpc) is 2.04. The van der Waals surface area contributed by atoms with Gasteiger partial charge >= 0.3 is 0 Å². The molecule has 0 radical (unpaired) electrons. The van der Waals surface area contributed by atoms with E-state index in [-0.39, 0.29) is 6.42 Å². The highest BCUT2D eigenvalue weighted by atomic mass is 32.2.